The number of hydrogen-bond acceptors (Lipinski definition) is 2. The minimum atomic E-state index is -0.360. The Balaban J connectivity index is 2.15. The quantitative estimate of drug-likeness (QED) is 0.857. The summed E-state index contributed by atoms with van der Waals surface area (Å²) in [4.78, 5) is 12.5. The molecule has 3 heteroatoms. The summed E-state index contributed by atoms with van der Waals surface area (Å²) >= 11 is 0. The van der Waals surface area contributed by atoms with Crippen LogP contribution in [0.3, 0.4) is 0 Å². The summed E-state index contributed by atoms with van der Waals surface area (Å²) in [5.41, 5.74) is 1.78. The van der Waals surface area contributed by atoms with Gasteiger partial charge in [0.15, 0.2) is 0 Å². The molecule has 18 heavy (non-hydrogen) atoms. The van der Waals surface area contributed by atoms with Gasteiger partial charge in [-0.1, -0.05) is 32.0 Å². The molecule has 3 nitrogen and oxygen atoms in total. The average Bonchev–Trinajstić information content (AvgIpc) is 2.89. The fraction of sp³-hybridized carbons (Fsp3) is 0.533. The number of carbonyl (C=O) groups excluding carboxylic acids is 1. The van der Waals surface area contributed by atoms with Gasteiger partial charge in [-0.25, -0.2) is 0 Å². The summed E-state index contributed by atoms with van der Waals surface area (Å²) < 4.78 is 0. The second kappa shape index (κ2) is 5.53. The SMILES string of the molecule is CCc1ccccc1NC(=O)C1(CC)CCCN1. The van der Waals surface area contributed by atoms with Gasteiger partial charge in [-0.2, -0.15) is 0 Å². The number of hydrogen-bond donors (Lipinski definition) is 2. The molecule has 1 atom stereocenters. The molecule has 1 unspecified atom stereocenters. The molecule has 1 aromatic carbocycles. The summed E-state index contributed by atoms with van der Waals surface area (Å²) in [6.07, 6.45) is 3.79. The topological polar surface area (TPSA) is 41.1 Å². The van der Waals surface area contributed by atoms with Crippen molar-refractivity contribution in [1.29, 1.82) is 0 Å². The van der Waals surface area contributed by atoms with Crippen LogP contribution in [-0.2, 0) is 11.2 Å². The van der Waals surface area contributed by atoms with Crippen LogP contribution in [0.25, 0.3) is 0 Å². The van der Waals surface area contributed by atoms with Gasteiger partial charge in [0.2, 0.25) is 5.91 Å². The molecule has 2 rings (SSSR count). The molecule has 98 valence electrons. The third kappa shape index (κ3) is 2.41. The van der Waals surface area contributed by atoms with Crippen molar-refractivity contribution < 1.29 is 4.79 Å². The predicted octanol–water partition coefficient (Wildman–Crippen LogP) is 2.72. The van der Waals surface area contributed by atoms with E-state index in [4.69, 9.17) is 0 Å². The number of rotatable bonds is 4. The molecule has 0 bridgehead atoms. The van der Waals surface area contributed by atoms with E-state index in [1.807, 2.05) is 18.2 Å². The maximum atomic E-state index is 12.5. The zero-order valence-corrected chi connectivity index (χ0v) is 11.3. The lowest BCUT2D eigenvalue weighted by molar-refractivity contribution is -0.122. The molecule has 2 N–H and O–H groups in total. The van der Waals surface area contributed by atoms with E-state index in [9.17, 15) is 4.79 Å². The third-order valence-electron chi connectivity index (χ3n) is 3.93. The molecule has 1 heterocycles. The van der Waals surface area contributed by atoms with Crippen LogP contribution in [0.1, 0.15) is 38.7 Å². The molecule has 0 radical (unpaired) electrons. The fourth-order valence-electron chi connectivity index (χ4n) is 2.65. The van der Waals surface area contributed by atoms with Gasteiger partial charge in [0.1, 0.15) is 0 Å². The van der Waals surface area contributed by atoms with Crippen LogP contribution in [0.2, 0.25) is 0 Å². The van der Waals surface area contributed by atoms with Gasteiger partial charge in [0.25, 0.3) is 0 Å². The Labute approximate surface area is 109 Å². The maximum absolute atomic E-state index is 12.5. The summed E-state index contributed by atoms with van der Waals surface area (Å²) in [6.45, 7) is 5.12. The highest BCUT2D eigenvalue weighted by molar-refractivity contribution is 5.98. The zero-order valence-electron chi connectivity index (χ0n) is 11.3. The molecule has 0 aromatic heterocycles. The summed E-state index contributed by atoms with van der Waals surface area (Å²) in [5, 5.41) is 6.46. The highest BCUT2D eigenvalue weighted by Gasteiger charge is 2.39. The number of aryl methyl sites for hydroxylation is 1. The van der Waals surface area contributed by atoms with Crippen molar-refractivity contribution in [2.45, 2.75) is 45.1 Å². The van der Waals surface area contributed by atoms with Crippen molar-refractivity contribution >= 4 is 11.6 Å². The minimum absolute atomic E-state index is 0.114. The normalized spacial score (nSPS) is 23.0. The van der Waals surface area contributed by atoms with Crippen molar-refractivity contribution in [3.8, 4) is 0 Å². The molecule has 1 aromatic rings. The lowest BCUT2D eigenvalue weighted by atomic mass is 9.93. The predicted molar refractivity (Wildman–Crippen MR) is 74.7 cm³/mol. The lowest BCUT2D eigenvalue weighted by Crippen LogP contribution is -2.50. The van der Waals surface area contributed by atoms with Crippen molar-refractivity contribution in [2.24, 2.45) is 0 Å². The Morgan fingerprint density at radius 3 is 2.78 bits per heavy atom. The summed E-state index contributed by atoms with van der Waals surface area (Å²) in [5.74, 6) is 0.114. The van der Waals surface area contributed by atoms with Crippen molar-refractivity contribution in [1.82, 2.24) is 5.32 Å². The molecule has 1 fully saturated rings. The maximum Gasteiger partial charge on any atom is 0.244 e. The highest BCUT2D eigenvalue weighted by atomic mass is 16.2. The highest BCUT2D eigenvalue weighted by Crippen LogP contribution is 2.26. The van der Waals surface area contributed by atoms with E-state index in [0.717, 1.165) is 37.9 Å². The van der Waals surface area contributed by atoms with E-state index in [2.05, 4.69) is 30.5 Å². The largest absolute Gasteiger partial charge is 0.324 e. The Bertz CT molecular complexity index is 422. The number of para-hydroxylation sites is 1. The summed E-state index contributed by atoms with van der Waals surface area (Å²) in [7, 11) is 0. The molecule has 1 amide bonds. The lowest BCUT2D eigenvalue weighted by Gasteiger charge is -2.27. The van der Waals surface area contributed by atoms with Crippen LogP contribution in [-0.4, -0.2) is 18.0 Å². The van der Waals surface area contributed by atoms with Crippen molar-refractivity contribution in [2.75, 3.05) is 11.9 Å². The van der Waals surface area contributed by atoms with Crippen LogP contribution in [0, 0.1) is 0 Å². The number of anilines is 1. The average molecular weight is 246 g/mol. The monoisotopic (exact) mass is 246 g/mol. The molecule has 0 saturated carbocycles. The van der Waals surface area contributed by atoms with Gasteiger partial charge in [0, 0.05) is 5.69 Å². The molecule has 0 spiro atoms. The van der Waals surface area contributed by atoms with Crippen LogP contribution in [0.15, 0.2) is 24.3 Å². The van der Waals surface area contributed by atoms with E-state index in [1.165, 1.54) is 5.56 Å². The van der Waals surface area contributed by atoms with Gasteiger partial charge >= 0.3 is 0 Å². The molecule has 1 aliphatic rings. The Kier molecular flexibility index (Phi) is 4.02. The van der Waals surface area contributed by atoms with E-state index in [1.54, 1.807) is 0 Å². The van der Waals surface area contributed by atoms with Crippen molar-refractivity contribution in [3.63, 3.8) is 0 Å². The van der Waals surface area contributed by atoms with E-state index >= 15 is 0 Å². The second-order valence-electron chi connectivity index (χ2n) is 4.93. The zero-order chi connectivity index (χ0) is 13.0. The van der Waals surface area contributed by atoms with Gasteiger partial charge in [0.05, 0.1) is 5.54 Å². The fourth-order valence-corrected chi connectivity index (χ4v) is 2.65. The van der Waals surface area contributed by atoms with Crippen LogP contribution >= 0.6 is 0 Å². The molecule has 1 aliphatic heterocycles. The Hall–Kier alpha value is -1.35. The first kappa shape index (κ1) is 13.1. The first-order chi connectivity index (χ1) is 8.72. The summed E-state index contributed by atoms with van der Waals surface area (Å²) in [6, 6.07) is 8.03. The third-order valence-corrected chi connectivity index (χ3v) is 3.93. The van der Waals surface area contributed by atoms with E-state index < -0.39 is 0 Å². The Morgan fingerprint density at radius 1 is 1.39 bits per heavy atom. The van der Waals surface area contributed by atoms with Gasteiger partial charge < -0.3 is 10.6 Å². The number of benzene rings is 1. The van der Waals surface area contributed by atoms with Crippen LogP contribution < -0.4 is 10.6 Å². The molecule has 1 saturated heterocycles. The number of nitrogens with one attached hydrogen (secondary N) is 2. The van der Waals surface area contributed by atoms with Gasteiger partial charge in [-0.15, -0.1) is 0 Å². The Morgan fingerprint density at radius 2 is 2.17 bits per heavy atom. The van der Waals surface area contributed by atoms with Crippen LogP contribution in [0.5, 0.6) is 0 Å². The van der Waals surface area contributed by atoms with E-state index in [0.29, 0.717) is 0 Å². The molecular weight excluding hydrogens is 224 g/mol. The first-order valence-electron chi connectivity index (χ1n) is 6.86. The van der Waals surface area contributed by atoms with Crippen molar-refractivity contribution in [3.05, 3.63) is 29.8 Å². The van der Waals surface area contributed by atoms with E-state index in [-0.39, 0.29) is 11.4 Å². The first-order valence-corrected chi connectivity index (χ1v) is 6.86. The van der Waals surface area contributed by atoms with Gasteiger partial charge in [-0.05, 0) is 43.9 Å². The molecule has 0 aliphatic carbocycles. The van der Waals surface area contributed by atoms with Gasteiger partial charge in [-0.3, -0.25) is 4.79 Å². The number of carbonyl (C=O) groups is 1. The number of amides is 1. The van der Waals surface area contributed by atoms with Crippen LogP contribution in [0.4, 0.5) is 5.69 Å². The second-order valence-corrected chi connectivity index (χ2v) is 4.93. The minimum Gasteiger partial charge on any atom is -0.324 e. The standard InChI is InChI=1S/C15H22N2O/c1-3-12-8-5-6-9-13(12)17-14(18)15(4-2)10-7-11-16-15/h5-6,8-9,16H,3-4,7,10-11H2,1-2H3,(H,17,18). The smallest absolute Gasteiger partial charge is 0.244 e. The molecular formula is C15H22N2O.